The summed E-state index contributed by atoms with van der Waals surface area (Å²) in [5, 5.41) is 11.4. The van der Waals surface area contributed by atoms with Gasteiger partial charge in [0.05, 0.1) is 18.8 Å². The van der Waals surface area contributed by atoms with Crippen LogP contribution in [0.15, 0.2) is 30.5 Å². The molecule has 0 spiro atoms. The minimum atomic E-state index is 0.556. The van der Waals surface area contributed by atoms with Gasteiger partial charge in [0, 0.05) is 19.9 Å². The zero-order chi connectivity index (χ0) is 14.9. The maximum Gasteiger partial charge on any atom is 0.119 e. The van der Waals surface area contributed by atoms with Crippen LogP contribution < -0.4 is 10.1 Å². The van der Waals surface area contributed by atoms with E-state index >= 15 is 0 Å². The minimum absolute atomic E-state index is 0.556. The zero-order valence-electron chi connectivity index (χ0n) is 12.6. The molecule has 1 heterocycles. The summed E-state index contributed by atoms with van der Waals surface area (Å²) in [6, 6.07) is 7.91. The lowest BCUT2D eigenvalue weighted by Crippen LogP contribution is -2.12. The Morgan fingerprint density at radius 2 is 2.24 bits per heavy atom. The minimum Gasteiger partial charge on any atom is -0.492 e. The molecule has 0 unspecified atom stereocenters. The zero-order valence-corrected chi connectivity index (χ0v) is 12.6. The third kappa shape index (κ3) is 5.17. The molecule has 0 aliphatic heterocycles. The molecular weight excluding hydrogens is 268 g/mol. The van der Waals surface area contributed by atoms with Crippen LogP contribution in [0.4, 0.5) is 0 Å². The number of rotatable bonds is 9. The van der Waals surface area contributed by atoms with Crippen molar-refractivity contribution >= 4 is 0 Å². The Balaban J connectivity index is 1.78. The molecule has 2 rings (SSSR count). The van der Waals surface area contributed by atoms with E-state index in [1.54, 1.807) is 11.8 Å². The van der Waals surface area contributed by atoms with Gasteiger partial charge in [-0.1, -0.05) is 24.3 Å². The van der Waals surface area contributed by atoms with Gasteiger partial charge in [0.2, 0.25) is 0 Å². The topological polar surface area (TPSA) is 61.2 Å². The van der Waals surface area contributed by atoms with Crippen molar-refractivity contribution in [3.8, 4) is 5.75 Å². The Morgan fingerprint density at radius 3 is 3.05 bits per heavy atom. The van der Waals surface area contributed by atoms with Gasteiger partial charge in [-0.3, -0.25) is 0 Å². The van der Waals surface area contributed by atoms with Crippen molar-refractivity contribution in [2.24, 2.45) is 0 Å². The first kappa shape index (κ1) is 15.5. The normalized spacial score (nSPS) is 10.8. The number of nitrogens with one attached hydrogen (secondary N) is 1. The first-order valence-corrected chi connectivity index (χ1v) is 7.12. The highest BCUT2D eigenvalue weighted by Crippen LogP contribution is 2.13. The predicted octanol–water partition coefficient (Wildman–Crippen LogP) is 1.61. The molecule has 0 bridgehead atoms. The maximum absolute atomic E-state index is 5.73. The number of methoxy groups -OCH3 is 1. The molecule has 0 amide bonds. The molecule has 0 aliphatic carbocycles. The van der Waals surface area contributed by atoms with Crippen LogP contribution in [0.3, 0.4) is 0 Å². The Hall–Kier alpha value is -1.92. The highest BCUT2D eigenvalue weighted by molar-refractivity contribution is 5.28. The van der Waals surface area contributed by atoms with Crippen LogP contribution in [-0.2, 0) is 24.4 Å². The third-order valence-electron chi connectivity index (χ3n) is 2.94. The number of ether oxygens (including phenoxy) is 2. The summed E-state index contributed by atoms with van der Waals surface area (Å²) in [6.45, 7) is 5.56. The summed E-state index contributed by atoms with van der Waals surface area (Å²) >= 11 is 0. The first-order valence-electron chi connectivity index (χ1n) is 7.12. The SMILES string of the molecule is CCNCc1cn(CCOc2cccc(COC)c2)nn1. The fourth-order valence-corrected chi connectivity index (χ4v) is 1.93. The molecule has 6 nitrogen and oxygen atoms in total. The molecule has 1 N–H and O–H groups in total. The van der Waals surface area contributed by atoms with Crippen molar-refractivity contribution in [1.82, 2.24) is 20.3 Å². The van der Waals surface area contributed by atoms with Gasteiger partial charge in [-0.2, -0.15) is 0 Å². The highest BCUT2D eigenvalue weighted by Gasteiger charge is 2.01. The van der Waals surface area contributed by atoms with Crippen molar-refractivity contribution in [2.75, 3.05) is 20.3 Å². The molecule has 2 aromatic rings. The maximum atomic E-state index is 5.73. The van der Waals surface area contributed by atoms with Crippen molar-refractivity contribution < 1.29 is 9.47 Å². The molecule has 0 saturated heterocycles. The number of hydrogen-bond donors (Lipinski definition) is 1. The lowest BCUT2D eigenvalue weighted by molar-refractivity contribution is 0.184. The second-order valence-corrected chi connectivity index (χ2v) is 4.68. The van der Waals surface area contributed by atoms with Crippen LogP contribution in [0.25, 0.3) is 0 Å². The fourth-order valence-electron chi connectivity index (χ4n) is 1.93. The number of benzene rings is 1. The van der Waals surface area contributed by atoms with Crippen LogP contribution in [0.5, 0.6) is 5.75 Å². The lowest BCUT2D eigenvalue weighted by Gasteiger charge is -2.07. The van der Waals surface area contributed by atoms with E-state index in [1.807, 2.05) is 30.5 Å². The quantitative estimate of drug-likeness (QED) is 0.760. The van der Waals surface area contributed by atoms with E-state index in [0.717, 1.165) is 30.1 Å². The van der Waals surface area contributed by atoms with Gasteiger partial charge in [-0.25, -0.2) is 4.68 Å². The molecule has 0 aliphatic rings. The van der Waals surface area contributed by atoms with E-state index in [0.29, 0.717) is 19.8 Å². The summed E-state index contributed by atoms with van der Waals surface area (Å²) in [5.74, 6) is 0.845. The largest absolute Gasteiger partial charge is 0.492 e. The van der Waals surface area contributed by atoms with Crippen LogP contribution in [0.1, 0.15) is 18.2 Å². The summed E-state index contributed by atoms with van der Waals surface area (Å²) in [7, 11) is 1.68. The second-order valence-electron chi connectivity index (χ2n) is 4.68. The molecular formula is C15H22N4O2. The van der Waals surface area contributed by atoms with E-state index in [9.17, 15) is 0 Å². The molecule has 0 fully saturated rings. The van der Waals surface area contributed by atoms with Crippen LogP contribution in [0.2, 0.25) is 0 Å². The number of hydrogen-bond acceptors (Lipinski definition) is 5. The first-order chi connectivity index (χ1) is 10.3. The molecule has 6 heteroatoms. The van der Waals surface area contributed by atoms with Crippen molar-refractivity contribution in [1.29, 1.82) is 0 Å². The van der Waals surface area contributed by atoms with Crippen LogP contribution >= 0.6 is 0 Å². The summed E-state index contributed by atoms with van der Waals surface area (Å²) < 4.78 is 12.6. The Labute approximate surface area is 125 Å². The predicted molar refractivity (Wildman–Crippen MR) is 80.1 cm³/mol. The molecule has 21 heavy (non-hydrogen) atoms. The molecule has 1 aromatic carbocycles. The lowest BCUT2D eigenvalue weighted by atomic mass is 10.2. The van der Waals surface area contributed by atoms with Gasteiger partial charge in [-0.05, 0) is 24.2 Å². The summed E-state index contributed by atoms with van der Waals surface area (Å²) in [5.41, 5.74) is 2.04. The van der Waals surface area contributed by atoms with E-state index in [1.165, 1.54) is 0 Å². The van der Waals surface area contributed by atoms with Gasteiger partial charge in [-0.15, -0.1) is 5.10 Å². The van der Waals surface area contributed by atoms with Gasteiger partial charge in [0.1, 0.15) is 12.4 Å². The molecule has 0 atom stereocenters. The summed E-state index contributed by atoms with van der Waals surface area (Å²) in [6.07, 6.45) is 1.94. The van der Waals surface area contributed by atoms with Gasteiger partial charge >= 0.3 is 0 Å². The van der Waals surface area contributed by atoms with Crippen LogP contribution in [0, 0.1) is 0 Å². The highest BCUT2D eigenvalue weighted by atomic mass is 16.5. The van der Waals surface area contributed by atoms with E-state index in [4.69, 9.17) is 9.47 Å². The molecule has 0 radical (unpaired) electrons. The van der Waals surface area contributed by atoms with Crippen molar-refractivity contribution in [2.45, 2.75) is 26.6 Å². The van der Waals surface area contributed by atoms with Gasteiger partial charge in [0.15, 0.2) is 0 Å². The molecule has 0 saturated carbocycles. The van der Waals surface area contributed by atoms with Gasteiger partial charge < -0.3 is 14.8 Å². The Kier molecular flexibility index (Phi) is 6.18. The number of nitrogens with zero attached hydrogens (tertiary/aromatic N) is 3. The third-order valence-corrected chi connectivity index (χ3v) is 2.94. The van der Waals surface area contributed by atoms with E-state index in [2.05, 4.69) is 22.6 Å². The van der Waals surface area contributed by atoms with Crippen LogP contribution in [-0.4, -0.2) is 35.3 Å². The van der Waals surface area contributed by atoms with E-state index in [-0.39, 0.29) is 0 Å². The second kappa shape index (κ2) is 8.39. The monoisotopic (exact) mass is 290 g/mol. The summed E-state index contributed by atoms with van der Waals surface area (Å²) in [4.78, 5) is 0. The Morgan fingerprint density at radius 1 is 1.33 bits per heavy atom. The molecule has 1 aromatic heterocycles. The van der Waals surface area contributed by atoms with Gasteiger partial charge in [0.25, 0.3) is 0 Å². The average molecular weight is 290 g/mol. The fraction of sp³-hybridized carbons (Fsp3) is 0.467. The standard InChI is InChI=1S/C15H22N4O2/c1-3-16-10-14-11-19(18-17-14)7-8-21-15-6-4-5-13(9-15)12-20-2/h4-6,9,11,16H,3,7-8,10,12H2,1-2H3. The molecule has 114 valence electrons. The average Bonchev–Trinajstić information content (AvgIpc) is 2.94. The van der Waals surface area contributed by atoms with Crippen molar-refractivity contribution in [3.05, 3.63) is 41.7 Å². The smallest absolute Gasteiger partial charge is 0.119 e. The van der Waals surface area contributed by atoms with Crippen molar-refractivity contribution in [3.63, 3.8) is 0 Å². The van der Waals surface area contributed by atoms with E-state index < -0.39 is 0 Å². The Bertz CT molecular complexity index is 542. The number of aromatic nitrogens is 3.